The van der Waals surface area contributed by atoms with Crippen molar-refractivity contribution in [2.75, 3.05) is 4.90 Å². The first-order valence-electron chi connectivity index (χ1n) is 4.98. The lowest BCUT2D eigenvalue weighted by atomic mass is 10.2. The molecule has 0 radical (unpaired) electrons. The summed E-state index contributed by atoms with van der Waals surface area (Å²) in [6.45, 7) is 0. The minimum absolute atomic E-state index is 0.137. The summed E-state index contributed by atoms with van der Waals surface area (Å²) < 4.78 is 0. The molecule has 1 atom stereocenters. The Bertz CT molecular complexity index is 502. The van der Waals surface area contributed by atoms with Gasteiger partial charge in [-0.15, -0.1) is 0 Å². The fraction of sp³-hybridized carbons (Fsp3) is 0.273. The lowest BCUT2D eigenvalue weighted by Gasteiger charge is -2.31. The van der Waals surface area contributed by atoms with Gasteiger partial charge >= 0.3 is 0 Å². The molecule has 3 rings (SSSR count). The molecule has 1 fully saturated rings. The maximum absolute atomic E-state index is 11.7. The number of carboxylic acids is 1. The Morgan fingerprint density at radius 3 is 2.94 bits per heavy atom. The molecule has 1 aromatic carbocycles. The summed E-state index contributed by atoms with van der Waals surface area (Å²) in [6, 6.07) is 7.24. The van der Waals surface area contributed by atoms with Crippen molar-refractivity contribution in [2.24, 2.45) is 0 Å². The number of nitrogens with zero attached hydrogens (tertiary/aromatic N) is 1. The number of amides is 1. The predicted octanol–water partition coefficient (Wildman–Crippen LogP) is 0.365. The smallest absolute Gasteiger partial charge is 0.228 e. The van der Waals surface area contributed by atoms with Gasteiger partial charge in [0.1, 0.15) is 4.87 Å². The summed E-state index contributed by atoms with van der Waals surface area (Å²) >= 11 is 1.21. The quantitative estimate of drug-likeness (QED) is 0.704. The Labute approximate surface area is 96.2 Å². The number of fused-ring (bicyclic) bond motifs is 3. The molecule has 1 saturated heterocycles. The largest absolute Gasteiger partial charge is 0.547 e. The third-order valence-corrected chi connectivity index (χ3v) is 4.45. The van der Waals surface area contributed by atoms with E-state index in [0.717, 1.165) is 4.90 Å². The predicted molar refractivity (Wildman–Crippen MR) is 56.8 cm³/mol. The van der Waals surface area contributed by atoms with Crippen LogP contribution in [0.2, 0.25) is 0 Å². The normalized spacial score (nSPS) is 26.8. The minimum atomic E-state index is -1.21. The van der Waals surface area contributed by atoms with Crippen LogP contribution in [0.3, 0.4) is 0 Å². The maximum atomic E-state index is 11.7. The lowest BCUT2D eigenvalue weighted by molar-refractivity contribution is -0.308. The Morgan fingerprint density at radius 2 is 2.19 bits per heavy atom. The van der Waals surface area contributed by atoms with Crippen LogP contribution in [0.15, 0.2) is 29.2 Å². The minimum Gasteiger partial charge on any atom is -0.547 e. The van der Waals surface area contributed by atoms with Gasteiger partial charge < -0.3 is 9.90 Å². The molecule has 0 bridgehead atoms. The molecule has 0 spiro atoms. The third-order valence-electron chi connectivity index (χ3n) is 2.99. The van der Waals surface area contributed by atoms with Crippen LogP contribution in [0.4, 0.5) is 5.69 Å². The Kier molecular flexibility index (Phi) is 1.83. The van der Waals surface area contributed by atoms with Gasteiger partial charge in [0.25, 0.3) is 0 Å². The van der Waals surface area contributed by atoms with E-state index in [9.17, 15) is 14.7 Å². The molecule has 2 aliphatic heterocycles. The highest BCUT2D eigenvalue weighted by molar-refractivity contribution is 8.02. The van der Waals surface area contributed by atoms with E-state index in [1.807, 2.05) is 12.1 Å². The van der Waals surface area contributed by atoms with Crippen molar-refractivity contribution >= 4 is 29.3 Å². The second-order valence-electron chi connectivity index (χ2n) is 3.87. The van der Waals surface area contributed by atoms with Crippen LogP contribution in [0.25, 0.3) is 0 Å². The van der Waals surface area contributed by atoms with Crippen molar-refractivity contribution in [1.29, 1.82) is 0 Å². The SMILES string of the molecule is O=C1CC[C@]2(C(=O)[O-])Sc3ccccc3N12. The highest BCUT2D eigenvalue weighted by atomic mass is 32.2. The van der Waals surface area contributed by atoms with Gasteiger partial charge in [-0.25, -0.2) is 0 Å². The first kappa shape index (κ1) is 9.72. The third kappa shape index (κ3) is 1.01. The number of aliphatic carboxylic acids is 1. The van der Waals surface area contributed by atoms with E-state index in [-0.39, 0.29) is 12.3 Å². The van der Waals surface area contributed by atoms with E-state index in [2.05, 4.69) is 0 Å². The molecule has 16 heavy (non-hydrogen) atoms. The first-order chi connectivity index (χ1) is 7.65. The molecule has 82 valence electrons. The molecule has 2 aliphatic rings. The summed E-state index contributed by atoms with van der Waals surface area (Å²) in [7, 11) is 0. The number of hydrogen-bond acceptors (Lipinski definition) is 4. The molecule has 4 nitrogen and oxygen atoms in total. The number of benzene rings is 1. The number of anilines is 1. The molecule has 1 aromatic rings. The number of carbonyl (C=O) groups is 2. The zero-order chi connectivity index (χ0) is 11.3. The molecule has 0 saturated carbocycles. The molecule has 0 aromatic heterocycles. The van der Waals surface area contributed by atoms with Gasteiger partial charge in [-0.1, -0.05) is 23.9 Å². The van der Waals surface area contributed by atoms with Gasteiger partial charge in [0.2, 0.25) is 5.91 Å². The van der Waals surface area contributed by atoms with Gasteiger partial charge in [-0.05, 0) is 18.6 Å². The van der Waals surface area contributed by atoms with Crippen LogP contribution < -0.4 is 10.0 Å². The molecule has 2 heterocycles. The van der Waals surface area contributed by atoms with Gasteiger partial charge in [0, 0.05) is 11.3 Å². The molecule has 0 unspecified atom stereocenters. The van der Waals surface area contributed by atoms with E-state index in [1.54, 1.807) is 12.1 Å². The molecule has 1 amide bonds. The van der Waals surface area contributed by atoms with Crippen LogP contribution in [-0.4, -0.2) is 16.7 Å². The van der Waals surface area contributed by atoms with E-state index >= 15 is 0 Å². The highest BCUT2D eigenvalue weighted by Gasteiger charge is 2.53. The number of para-hydroxylation sites is 1. The van der Waals surface area contributed by atoms with E-state index in [1.165, 1.54) is 16.7 Å². The van der Waals surface area contributed by atoms with Crippen LogP contribution in [-0.2, 0) is 9.59 Å². The van der Waals surface area contributed by atoms with Crippen LogP contribution in [0, 0.1) is 0 Å². The van der Waals surface area contributed by atoms with E-state index in [4.69, 9.17) is 0 Å². The number of rotatable bonds is 1. The summed E-state index contributed by atoms with van der Waals surface area (Å²) in [4.78, 5) is 24.0. The first-order valence-corrected chi connectivity index (χ1v) is 5.79. The molecule has 5 heteroatoms. The van der Waals surface area contributed by atoms with Crippen molar-refractivity contribution in [3.8, 4) is 0 Å². The van der Waals surface area contributed by atoms with Crippen LogP contribution in [0.5, 0.6) is 0 Å². The number of thioether (sulfide) groups is 1. The van der Waals surface area contributed by atoms with Crippen LogP contribution in [0.1, 0.15) is 12.8 Å². The topological polar surface area (TPSA) is 60.4 Å². The van der Waals surface area contributed by atoms with Crippen molar-refractivity contribution in [1.82, 2.24) is 0 Å². The van der Waals surface area contributed by atoms with Crippen molar-refractivity contribution in [3.05, 3.63) is 24.3 Å². The average molecular weight is 234 g/mol. The van der Waals surface area contributed by atoms with E-state index < -0.39 is 10.8 Å². The average Bonchev–Trinajstić information content (AvgIpc) is 2.75. The second kappa shape index (κ2) is 3.01. The molecular weight excluding hydrogens is 226 g/mol. The zero-order valence-corrected chi connectivity index (χ0v) is 9.12. The monoisotopic (exact) mass is 234 g/mol. The Hall–Kier alpha value is -1.49. The van der Waals surface area contributed by atoms with Crippen LogP contribution >= 0.6 is 11.8 Å². The lowest BCUT2D eigenvalue weighted by Crippen LogP contribution is -2.53. The standard InChI is InChI=1S/C11H9NO3S/c13-9-5-6-11(10(14)15)12(9)7-3-1-2-4-8(7)16-11/h1-4H,5-6H2,(H,14,15)/p-1/t11-/m1/s1. The zero-order valence-electron chi connectivity index (χ0n) is 8.30. The summed E-state index contributed by atoms with van der Waals surface area (Å²) in [5, 5.41) is 11.3. The number of carboxylic acid groups (broad SMARTS) is 1. The summed E-state index contributed by atoms with van der Waals surface area (Å²) in [5.74, 6) is -1.32. The van der Waals surface area contributed by atoms with Crippen molar-refractivity contribution < 1.29 is 14.7 Å². The highest BCUT2D eigenvalue weighted by Crippen LogP contribution is 2.55. The van der Waals surface area contributed by atoms with Crippen molar-refractivity contribution in [2.45, 2.75) is 22.6 Å². The van der Waals surface area contributed by atoms with Gasteiger partial charge in [0.15, 0.2) is 0 Å². The number of carbonyl (C=O) groups excluding carboxylic acids is 2. The van der Waals surface area contributed by atoms with Crippen molar-refractivity contribution in [3.63, 3.8) is 0 Å². The molecule has 0 N–H and O–H groups in total. The molecule has 0 aliphatic carbocycles. The fourth-order valence-electron chi connectivity index (χ4n) is 2.27. The van der Waals surface area contributed by atoms with E-state index in [0.29, 0.717) is 12.1 Å². The Balaban J connectivity index is 2.19. The van der Waals surface area contributed by atoms with Gasteiger partial charge in [-0.2, -0.15) is 0 Å². The summed E-state index contributed by atoms with van der Waals surface area (Å²) in [5.41, 5.74) is 0.694. The summed E-state index contributed by atoms with van der Waals surface area (Å²) in [6.07, 6.45) is 0.586. The maximum Gasteiger partial charge on any atom is 0.228 e. The molecular formula is C11H8NO3S-. The number of hydrogen-bond donors (Lipinski definition) is 0. The van der Waals surface area contributed by atoms with Gasteiger partial charge in [0.05, 0.1) is 11.7 Å². The fourth-order valence-corrected chi connectivity index (χ4v) is 3.63. The second-order valence-corrected chi connectivity index (χ2v) is 5.19. The Morgan fingerprint density at radius 1 is 1.44 bits per heavy atom. The van der Waals surface area contributed by atoms with Gasteiger partial charge in [-0.3, -0.25) is 9.69 Å².